The number of hydrogen-bond acceptors (Lipinski definition) is 3. The van der Waals surface area contributed by atoms with Crippen molar-refractivity contribution in [1.82, 2.24) is 0 Å². The Labute approximate surface area is 178 Å². The van der Waals surface area contributed by atoms with Gasteiger partial charge in [0.15, 0.2) is 0 Å². The summed E-state index contributed by atoms with van der Waals surface area (Å²) in [7, 11) is -5.74. The van der Waals surface area contributed by atoms with Crippen LogP contribution in [0.25, 0.3) is 0 Å². The van der Waals surface area contributed by atoms with Crippen LogP contribution in [0.3, 0.4) is 0 Å². The van der Waals surface area contributed by atoms with Crippen LogP contribution in [0.5, 0.6) is 0 Å². The Morgan fingerprint density at radius 1 is 0.909 bits per heavy atom. The quantitative estimate of drug-likeness (QED) is 0.193. The van der Waals surface area contributed by atoms with E-state index in [4.69, 9.17) is 33.8 Å². The zero-order chi connectivity index (χ0) is 16.6. The molecule has 0 amide bonds. The van der Waals surface area contributed by atoms with Gasteiger partial charge in [0.1, 0.15) is 0 Å². The molecule has 0 aromatic carbocycles. The van der Waals surface area contributed by atoms with Crippen LogP contribution < -0.4 is 59.1 Å². The van der Waals surface area contributed by atoms with Crippen molar-refractivity contribution in [1.29, 1.82) is 0 Å². The van der Waals surface area contributed by atoms with Gasteiger partial charge in [0, 0.05) is 9.13 Å². The van der Waals surface area contributed by atoms with E-state index in [0.29, 0.717) is 16.7 Å². The van der Waals surface area contributed by atoms with Crippen LogP contribution in [0.2, 0.25) is 0 Å². The van der Waals surface area contributed by atoms with Gasteiger partial charge in [0.05, 0.1) is 0 Å². The third kappa shape index (κ3) is 16.8. The standard InChI is InChI=1S/C11H21O.2Na.2HO3P/c1-10(2)7-9(5-6-12)8-11(10,3)4;;;2*1-4(2)3/h6,9,12H,5,7-8H2,1-4H3;;;2*(H-,1,2,3)/q-1;2*+1;;/p+2. The van der Waals surface area contributed by atoms with Crippen molar-refractivity contribution in [3.63, 3.8) is 0 Å². The first-order chi connectivity index (χ1) is 8.85. The predicted molar refractivity (Wildman–Crippen MR) is 75.2 cm³/mol. The van der Waals surface area contributed by atoms with Crippen LogP contribution in [0.15, 0.2) is 0 Å². The van der Waals surface area contributed by atoms with Crippen molar-refractivity contribution in [2.24, 2.45) is 16.7 Å². The summed E-state index contributed by atoms with van der Waals surface area (Å²) in [5.41, 5.74) is 0.862. The van der Waals surface area contributed by atoms with E-state index in [-0.39, 0.29) is 59.1 Å². The summed E-state index contributed by atoms with van der Waals surface area (Å²) >= 11 is 0. The average Bonchev–Trinajstić information content (AvgIpc) is 2.32. The molecule has 120 valence electrons. The van der Waals surface area contributed by atoms with Crippen molar-refractivity contribution in [3.05, 3.63) is 6.61 Å². The molecule has 22 heavy (non-hydrogen) atoms. The van der Waals surface area contributed by atoms with Gasteiger partial charge in [0.25, 0.3) is 0 Å². The van der Waals surface area contributed by atoms with Crippen LogP contribution in [-0.4, -0.2) is 24.7 Å². The molecule has 0 aromatic heterocycles. The maximum atomic E-state index is 8.74. The molecule has 1 fully saturated rings. The monoisotopic (exact) mass is 377 g/mol. The van der Waals surface area contributed by atoms with Crippen molar-refractivity contribution in [2.75, 3.05) is 0 Å². The molecule has 1 rings (SSSR count). The molecule has 11 heteroatoms. The normalized spacial score (nSPS) is 17.5. The molecule has 0 radical (unpaired) electrons. The maximum absolute atomic E-state index is 8.74. The smallest absolute Gasteiger partial charge is 0.566 e. The SMILES string of the molecule is CC1(C)CC(C[CH-]O)CC1(C)C.O=[P+](O)O.O=[P+](O)O.[Na+].[Na+]. The molecule has 1 aliphatic rings. The first kappa shape index (κ1) is 31.7. The molecule has 1 aliphatic carbocycles. The van der Waals surface area contributed by atoms with Gasteiger partial charge in [0.2, 0.25) is 0 Å². The minimum absolute atomic E-state index is 0. The molecule has 0 bridgehead atoms. The summed E-state index contributed by atoms with van der Waals surface area (Å²) in [6.07, 6.45) is 3.36. The third-order valence-corrected chi connectivity index (χ3v) is 3.87. The fourth-order valence-electron chi connectivity index (χ4n) is 2.38. The summed E-state index contributed by atoms with van der Waals surface area (Å²) in [5.74, 6) is 0.694. The summed E-state index contributed by atoms with van der Waals surface area (Å²) in [5, 5.41) is 8.74. The van der Waals surface area contributed by atoms with E-state index in [1.165, 1.54) is 19.4 Å². The van der Waals surface area contributed by atoms with E-state index >= 15 is 0 Å². The van der Waals surface area contributed by atoms with E-state index in [1.54, 1.807) is 0 Å². The fraction of sp³-hybridized carbons (Fsp3) is 0.909. The van der Waals surface area contributed by atoms with E-state index in [1.807, 2.05) is 0 Å². The predicted octanol–water partition coefficient (Wildman–Crippen LogP) is -3.36. The van der Waals surface area contributed by atoms with Crippen molar-refractivity contribution < 1.29 is 92.9 Å². The summed E-state index contributed by atoms with van der Waals surface area (Å²) in [4.78, 5) is 28.5. The zero-order valence-electron chi connectivity index (χ0n) is 14.2. The van der Waals surface area contributed by atoms with Gasteiger partial charge in [-0.25, -0.2) is 6.61 Å². The third-order valence-electron chi connectivity index (χ3n) is 3.87. The minimum atomic E-state index is -2.87. The van der Waals surface area contributed by atoms with Gasteiger partial charge >= 0.3 is 75.6 Å². The van der Waals surface area contributed by atoms with Crippen LogP contribution in [0.4, 0.5) is 0 Å². The largest absolute Gasteiger partial charge is 1.00 e. The van der Waals surface area contributed by atoms with Gasteiger partial charge in [-0.05, 0) is 23.7 Å². The minimum Gasteiger partial charge on any atom is -0.566 e. The van der Waals surface area contributed by atoms with Gasteiger partial charge < -0.3 is 5.11 Å². The van der Waals surface area contributed by atoms with Crippen LogP contribution in [0.1, 0.15) is 47.0 Å². The van der Waals surface area contributed by atoms with E-state index < -0.39 is 16.5 Å². The van der Waals surface area contributed by atoms with Gasteiger partial charge in [-0.15, -0.1) is 19.6 Å². The Kier molecular flexibility index (Phi) is 22.0. The molecule has 0 aliphatic heterocycles. The number of rotatable bonds is 2. The van der Waals surface area contributed by atoms with Gasteiger partial charge in [-0.1, -0.05) is 33.6 Å². The fourth-order valence-corrected chi connectivity index (χ4v) is 2.38. The molecule has 0 aromatic rings. The number of aliphatic hydroxyl groups is 1. The average molecular weight is 377 g/mol. The number of hydrogen-bond donors (Lipinski definition) is 5. The Balaban J connectivity index is -0.000000138. The van der Waals surface area contributed by atoms with E-state index in [2.05, 4.69) is 27.7 Å². The second-order valence-corrected chi connectivity index (χ2v) is 6.98. The zero-order valence-corrected chi connectivity index (χ0v) is 20.0. The second kappa shape index (κ2) is 15.3. The van der Waals surface area contributed by atoms with Gasteiger partial charge in [-0.2, -0.15) is 6.42 Å². The number of aliphatic hydroxyl groups excluding tert-OH is 1. The topological polar surface area (TPSA) is 135 Å². The Bertz CT molecular complexity index is 292. The molecule has 0 atom stereocenters. The molecule has 0 heterocycles. The molecule has 0 spiro atoms. The van der Waals surface area contributed by atoms with Crippen LogP contribution in [-0.2, 0) is 9.13 Å². The second-order valence-electron chi connectivity index (χ2n) is 5.97. The molecule has 7 nitrogen and oxygen atoms in total. The Hall–Kier alpha value is 2.00. The molecule has 5 N–H and O–H groups in total. The first-order valence-electron chi connectivity index (χ1n) is 6.01. The molecule has 1 saturated carbocycles. The van der Waals surface area contributed by atoms with E-state index in [0.717, 1.165) is 6.42 Å². The van der Waals surface area contributed by atoms with Crippen LogP contribution >= 0.6 is 16.5 Å². The summed E-state index contributed by atoms with van der Waals surface area (Å²) in [6, 6.07) is 0. The van der Waals surface area contributed by atoms with Gasteiger partial charge in [-0.3, -0.25) is 0 Å². The molecule has 0 unspecified atom stereocenters. The molecular weight excluding hydrogens is 352 g/mol. The summed E-state index contributed by atoms with van der Waals surface area (Å²) < 4.78 is 17.4. The Morgan fingerprint density at radius 3 is 1.32 bits per heavy atom. The van der Waals surface area contributed by atoms with Crippen molar-refractivity contribution in [3.8, 4) is 0 Å². The molecular formula is C11H25Na2O7P2+3. The summed E-state index contributed by atoms with van der Waals surface area (Å²) in [6.45, 7) is 10.7. The maximum Gasteiger partial charge on any atom is 1.00 e. The van der Waals surface area contributed by atoms with Crippen molar-refractivity contribution >= 4 is 16.5 Å². The van der Waals surface area contributed by atoms with E-state index in [9.17, 15) is 0 Å². The molecule has 0 saturated heterocycles. The van der Waals surface area contributed by atoms with Crippen LogP contribution in [0, 0.1) is 23.4 Å². The Morgan fingerprint density at radius 2 is 1.14 bits per heavy atom. The first-order valence-corrected chi connectivity index (χ1v) is 8.34. The van der Waals surface area contributed by atoms with Crippen molar-refractivity contribution in [2.45, 2.75) is 47.0 Å².